The smallest absolute Gasteiger partial charge is 0.343 e. The van der Waals surface area contributed by atoms with Crippen molar-refractivity contribution in [2.75, 3.05) is 6.61 Å². The van der Waals surface area contributed by atoms with E-state index in [-0.39, 0.29) is 5.56 Å². The van der Waals surface area contributed by atoms with E-state index < -0.39 is 17.9 Å². The van der Waals surface area contributed by atoms with Gasteiger partial charge in [0, 0.05) is 5.56 Å². The van der Waals surface area contributed by atoms with Gasteiger partial charge in [-0.2, -0.15) is 0 Å². The maximum absolute atomic E-state index is 12.5. The molecule has 3 aromatic carbocycles. The summed E-state index contributed by atoms with van der Waals surface area (Å²) in [4.78, 5) is 36.9. The summed E-state index contributed by atoms with van der Waals surface area (Å²) in [6.07, 6.45) is 0.925. The van der Waals surface area contributed by atoms with E-state index in [1.807, 2.05) is 13.8 Å². The highest BCUT2D eigenvalue weighted by atomic mass is 16.5. The Labute approximate surface area is 204 Å². The molecule has 6 heteroatoms. The molecular formula is C29H26O6. The van der Waals surface area contributed by atoms with E-state index in [0.29, 0.717) is 35.2 Å². The average Bonchev–Trinajstić information content (AvgIpc) is 2.88. The lowest BCUT2D eigenvalue weighted by atomic mass is 10.1. The number of ether oxygens (including phenoxy) is 3. The minimum atomic E-state index is -0.581. The number of rotatable bonds is 8. The van der Waals surface area contributed by atoms with Crippen LogP contribution in [0.5, 0.6) is 11.5 Å². The van der Waals surface area contributed by atoms with Gasteiger partial charge in [-0.15, -0.1) is 5.92 Å². The summed E-state index contributed by atoms with van der Waals surface area (Å²) in [6.45, 7) is 6.14. The quantitative estimate of drug-likeness (QED) is 0.239. The monoisotopic (exact) mass is 470 g/mol. The van der Waals surface area contributed by atoms with Crippen LogP contribution in [-0.2, 0) is 4.74 Å². The van der Waals surface area contributed by atoms with Crippen LogP contribution in [0.1, 0.15) is 63.8 Å². The van der Waals surface area contributed by atoms with Crippen molar-refractivity contribution in [1.82, 2.24) is 0 Å². The first-order chi connectivity index (χ1) is 16.9. The molecule has 0 aromatic heterocycles. The van der Waals surface area contributed by atoms with Crippen LogP contribution in [0.25, 0.3) is 0 Å². The van der Waals surface area contributed by atoms with Gasteiger partial charge in [-0.05, 0) is 85.6 Å². The number of carbonyl (C=O) groups is 3. The summed E-state index contributed by atoms with van der Waals surface area (Å²) in [6, 6.07) is 19.0. The van der Waals surface area contributed by atoms with Gasteiger partial charge in [-0.1, -0.05) is 26.2 Å². The van der Waals surface area contributed by atoms with Gasteiger partial charge < -0.3 is 14.2 Å². The molecule has 0 N–H and O–H groups in total. The van der Waals surface area contributed by atoms with E-state index >= 15 is 0 Å². The van der Waals surface area contributed by atoms with Gasteiger partial charge >= 0.3 is 17.9 Å². The highest BCUT2D eigenvalue weighted by Gasteiger charge is 2.13. The highest BCUT2D eigenvalue weighted by molar-refractivity contribution is 5.93. The maximum Gasteiger partial charge on any atom is 0.343 e. The lowest BCUT2D eigenvalue weighted by Gasteiger charge is -2.10. The largest absolute Gasteiger partial charge is 0.462 e. The predicted molar refractivity (Wildman–Crippen MR) is 132 cm³/mol. The Morgan fingerprint density at radius 3 is 1.57 bits per heavy atom. The fourth-order valence-corrected chi connectivity index (χ4v) is 2.90. The van der Waals surface area contributed by atoms with Crippen molar-refractivity contribution in [3.63, 3.8) is 0 Å². The third-order valence-electron chi connectivity index (χ3n) is 5.19. The van der Waals surface area contributed by atoms with Crippen molar-refractivity contribution in [3.05, 3.63) is 95.1 Å². The van der Waals surface area contributed by atoms with Crippen LogP contribution in [0.2, 0.25) is 0 Å². The third kappa shape index (κ3) is 7.31. The molecule has 3 rings (SSSR count). The van der Waals surface area contributed by atoms with Crippen LogP contribution < -0.4 is 9.47 Å². The lowest BCUT2D eigenvalue weighted by molar-refractivity contribution is 0.0447. The molecule has 35 heavy (non-hydrogen) atoms. The zero-order valence-corrected chi connectivity index (χ0v) is 19.9. The molecule has 0 bridgehead atoms. The molecule has 0 spiro atoms. The van der Waals surface area contributed by atoms with Crippen LogP contribution in [0.15, 0.2) is 72.8 Å². The van der Waals surface area contributed by atoms with Gasteiger partial charge in [0.05, 0.1) is 23.3 Å². The predicted octanol–water partition coefficient (Wildman–Crippen LogP) is 5.70. The van der Waals surface area contributed by atoms with Crippen LogP contribution in [0.3, 0.4) is 0 Å². The van der Waals surface area contributed by atoms with Crippen molar-refractivity contribution < 1.29 is 28.6 Å². The lowest BCUT2D eigenvalue weighted by Crippen LogP contribution is -2.12. The Bertz CT molecular complexity index is 1230. The summed E-state index contributed by atoms with van der Waals surface area (Å²) < 4.78 is 16.0. The molecule has 3 aromatic rings. The molecular weight excluding hydrogens is 444 g/mol. The number of carbonyl (C=O) groups excluding carboxylic acids is 3. The SMILES string of the molecule is CC#Cc1ccc(C(=O)Oc2ccc(C(=O)Oc3ccc(C(=O)OCC(C)CC)cc3)cc2)cc1. The van der Waals surface area contributed by atoms with Gasteiger partial charge in [-0.25, -0.2) is 14.4 Å². The van der Waals surface area contributed by atoms with Crippen molar-refractivity contribution in [1.29, 1.82) is 0 Å². The van der Waals surface area contributed by atoms with Gasteiger partial charge in [0.2, 0.25) is 0 Å². The van der Waals surface area contributed by atoms with Crippen LogP contribution >= 0.6 is 0 Å². The number of benzene rings is 3. The topological polar surface area (TPSA) is 78.9 Å². The fourth-order valence-electron chi connectivity index (χ4n) is 2.90. The highest BCUT2D eigenvalue weighted by Crippen LogP contribution is 2.18. The third-order valence-corrected chi connectivity index (χ3v) is 5.19. The van der Waals surface area contributed by atoms with Gasteiger partial charge in [0.25, 0.3) is 0 Å². The Morgan fingerprint density at radius 1 is 0.714 bits per heavy atom. The van der Waals surface area contributed by atoms with E-state index in [1.165, 1.54) is 36.4 Å². The summed E-state index contributed by atoms with van der Waals surface area (Å²) in [7, 11) is 0. The summed E-state index contributed by atoms with van der Waals surface area (Å²) in [5.41, 5.74) is 1.86. The van der Waals surface area contributed by atoms with E-state index in [9.17, 15) is 14.4 Å². The van der Waals surface area contributed by atoms with Crippen molar-refractivity contribution >= 4 is 17.9 Å². The number of esters is 3. The first-order valence-corrected chi connectivity index (χ1v) is 11.2. The molecule has 1 unspecified atom stereocenters. The zero-order valence-electron chi connectivity index (χ0n) is 19.9. The molecule has 0 radical (unpaired) electrons. The van der Waals surface area contributed by atoms with Crippen molar-refractivity contribution in [2.45, 2.75) is 27.2 Å². The minimum absolute atomic E-state index is 0.282. The first-order valence-electron chi connectivity index (χ1n) is 11.2. The maximum atomic E-state index is 12.5. The van der Waals surface area contributed by atoms with Gasteiger partial charge in [0.1, 0.15) is 11.5 Å². The Balaban J connectivity index is 1.55. The number of hydrogen-bond acceptors (Lipinski definition) is 6. The molecule has 0 aliphatic carbocycles. The van der Waals surface area contributed by atoms with Crippen LogP contribution in [-0.4, -0.2) is 24.5 Å². The van der Waals surface area contributed by atoms with Crippen LogP contribution in [0.4, 0.5) is 0 Å². The molecule has 0 saturated heterocycles. The molecule has 0 heterocycles. The second-order valence-corrected chi connectivity index (χ2v) is 7.89. The first kappa shape index (κ1) is 25.3. The van der Waals surface area contributed by atoms with E-state index in [4.69, 9.17) is 14.2 Å². The molecule has 0 saturated carbocycles. The Kier molecular flexibility index (Phi) is 8.80. The average molecular weight is 471 g/mol. The molecule has 0 aliphatic rings. The van der Waals surface area contributed by atoms with Crippen LogP contribution in [0, 0.1) is 17.8 Å². The molecule has 6 nitrogen and oxygen atoms in total. The van der Waals surface area contributed by atoms with Crippen molar-refractivity contribution in [2.24, 2.45) is 5.92 Å². The van der Waals surface area contributed by atoms with E-state index in [1.54, 1.807) is 43.3 Å². The number of hydrogen-bond donors (Lipinski definition) is 0. The molecule has 178 valence electrons. The van der Waals surface area contributed by atoms with Gasteiger partial charge in [0.15, 0.2) is 0 Å². The molecule has 0 amide bonds. The molecule has 0 aliphatic heterocycles. The minimum Gasteiger partial charge on any atom is -0.462 e. The second-order valence-electron chi connectivity index (χ2n) is 7.89. The normalized spacial score (nSPS) is 10.9. The summed E-state index contributed by atoms with van der Waals surface area (Å²) in [5.74, 6) is 5.07. The van der Waals surface area contributed by atoms with Crippen molar-refractivity contribution in [3.8, 4) is 23.3 Å². The molecule has 1 atom stereocenters. The second kappa shape index (κ2) is 12.2. The summed E-state index contributed by atoms with van der Waals surface area (Å²) >= 11 is 0. The Morgan fingerprint density at radius 2 is 1.14 bits per heavy atom. The molecule has 0 fully saturated rings. The van der Waals surface area contributed by atoms with Gasteiger partial charge in [-0.3, -0.25) is 0 Å². The zero-order chi connectivity index (χ0) is 25.2. The Hall–Kier alpha value is -4.37. The van der Waals surface area contributed by atoms with E-state index in [2.05, 4.69) is 11.8 Å². The standard InChI is InChI=1S/C29H26O6/c1-4-6-21-7-9-23(10-8-21)28(31)34-26-17-13-24(14-18-26)29(32)35-25-15-11-22(12-16-25)27(30)33-19-20(3)5-2/h7-18,20H,5,19H2,1-3H3. The summed E-state index contributed by atoms with van der Waals surface area (Å²) in [5, 5.41) is 0. The van der Waals surface area contributed by atoms with E-state index in [0.717, 1.165) is 12.0 Å². The fraction of sp³-hybridized carbons (Fsp3) is 0.207.